The molecule has 8 fully saturated rings. The Kier molecular flexibility index (Phi) is 10.4. The van der Waals surface area contributed by atoms with Crippen LogP contribution in [0.1, 0.15) is 91.9 Å². The van der Waals surface area contributed by atoms with Crippen molar-refractivity contribution in [3.05, 3.63) is 0 Å². The lowest BCUT2D eigenvalue weighted by molar-refractivity contribution is -0.373. The topological polar surface area (TPSA) is 197 Å². The number of ether oxygens (including phenoxy) is 6. The third-order valence-electron chi connectivity index (χ3n) is 16.2. The van der Waals surface area contributed by atoms with Crippen LogP contribution >= 0.6 is 0 Å². The maximum atomic E-state index is 11.1. The number of aliphatic hydroxyl groups excluding tert-OH is 7. The summed E-state index contributed by atoms with van der Waals surface area (Å²) in [5.41, 5.74) is 0.425. The smallest absolute Gasteiger partial charge is 0.187 e. The van der Waals surface area contributed by atoms with Crippen LogP contribution in [0, 0.1) is 52.3 Å². The van der Waals surface area contributed by atoms with E-state index >= 15 is 0 Å². The summed E-state index contributed by atoms with van der Waals surface area (Å²) in [7, 11) is 0. The van der Waals surface area contributed by atoms with Gasteiger partial charge in [0.1, 0.15) is 48.8 Å². The van der Waals surface area contributed by atoms with Crippen molar-refractivity contribution in [1.82, 2.24) is 0 Å². The summed E-state index contributed by atoms with van der Waals surface area (Å²) in [4.78, 5) is 0. The van der Waals surface area contributed by atoms with Crippen LogP contribution in [0.25, 0.3) is 0 Å². The van der Waals surface area contributed by atoms with Crippen molar-refractivity contribution in [3.63, 3.8) is 0 Å². The van der Waals surface area contributed by atoms with E-state index in [-0.39, 0.29) is 23.0 Å². The molecule has 0 unspecified atom stereocenters. The van der Waals surface area contributed by atoms with Crippen molar-refractivity contribution in [2.45, 2.75) is 171 Å². The first-order chi connectivity index (χ1) is 24.7. The maximum absolute atomic E-state index is 11.1. The quantitative estimate of drug-likeness (QED) is 0.194. The van der Waals surface area contributed by atoms with E-state index in [1.165, 1.54) is 25.7 Å². The first-order valence-electron chi connectivity index (χ1n) is 20.3. The molecule has 0 bridgehead atoms. The van der Waals surface area contributed by atoms with E-state index in [2.05, 4.69) is 27.7 Å². The second kappa shape index (κ2) is 14.1. The van der Waals surface area contributed by atoms with Crippen LogP contribution < -0.4 is 0 Å². The summed E-state index contributed by atoms with van der Waals surface area (Å²) < 4.78 is 37.5. The van der Waals surface area contributed by atoms with Crippen molar-refractivity contribution in [2.24, 2.45) is 52.3 Å². The minimum absolute atomic E-state index is 0.168. The number of hydrogen-bond acceptors (Lipinski definition) is 13. The lowest BCUT2D eigenvalue weighted by Crippen LogP contribution is -2.65. The van der Waals surface area contributed by atoms with Crippen molar-refractivity contribution < 1.29 is 64.2 Å². The SMILES string of the molecule is C[C@H]1CC[C@@]2(OC1)O[C@H]1C[C@@H]3[C@@H]4CC[C@H]5C[C@@H](O[C@@H]6O[C@H](CO)[C@H](O)[C@H](O)[C@H]6O[C@@H]6O[C@H](CO)[C@@H](O)[C@H](O)[C@H]6O)CC[C@]5(C)[C@H]4CC[C@]3(C)[C@H]1[C@@H]2C. The molecule has 4 aliphatic carbocycles. The van der Waals surface area contributed by atoms with Crippen LogP contribution in [0.4, 0.5) is 0 Å². The molecule has 1 spiro atoms. The number of rotatable bonds is 6. The van der Waals surface area contributed by atoms with Crippen molar-refractivity contribution in [1.29, 1.82) is 0 Å². The molecule has 0 aromatic heterocycles. The molecule has 298 valence electrons. The largest absolute Gasteiger partial charge is 0.394 e. The zero-order valence-electron chi connectivity index (χ0n) is 31.2. The first kappa shape index (κ1) is 38.4. The Labute approximate surface area is 307 Å². The molecule has 52 heavy (non-hydrogen) atoms. The summed E-state index contributed by atoms with van der Waals surface area (Å²) in [6.07, 6.45) is -3.88. The van der Waals surface area contributed by atoms with Gasteiger partial charge < -0.3 is 64.2 Å². The third kappa shape index (κ3) is 5.98. The van der Waals surface area contributed by atoms with Gasteiger partial charge in [-0.25, -0.2) is 0 Å². The van der Waals surface area contributed by atoms with E-state index in [0.29, 0.717) is 41.4 Å². The van der Waals surface area contributed by atoms with Gasteiger partial charge in [-0.1, -0.05) is 27.7 Å². The van der Waals surface area contributed by atoms with Crippen molar-refractivity contribution in [2.75, 3.05) is 19.8 Å². The molecule has 4 heterocycles. The van der Waals surface area contributed by atoms with E-state index in [1.807, 2.05) is 0 Å². The maximum Gasteiger partial charge on any atom is 0.187 e. The number of hydrogen-bond donors (Lipinski definition) is 7. The Morgan fingerprint density at radius 1 is 0.673 bits per heavy atom. The summed E-state index contributed by atoms with van der Waals surface area (Å²) >= 11 is 0. The Bertz CT molecular complexity index is 1260. The van der Waals surface area contributed by atoms with Gasteiger partial charge in [-0.3, -0.25) is 0 Å². The minimum Gasteiger partial charge on any atom is -0.394 e. The molecule has 4 aliphatic heterocycles. The second-order valence-electron chi connectivity index (χ2n) is 18.7. The zero-order chi connectivity index (χ0) is 36.9. The third-order valence-corrected chi connectivity index (χ3v) is 16.2. The Morgan fingerprint density at radius 2 is 1.37 bits per heavy atom. The van der Waals surface area contributed by atoms with Crippen LogP contribution in [0.5, 0.6) is 0 Å². The first-order valence-corrected chi connectivity index (χ1v) is 20.3. The summed E-state index contributed by atoms with van der Waals surface area (Å²) in [5, 5.41) is 72.7. The average Bonchev–Trinajstić information content (AvgIpc) is 3.58. The highest BCUT2D eigenvalue weighted by Gasteiger charge is 2.69. The molecule has 0 amide bonds. The Hall–Kier alpha value is -0.520. The van der Waals surface area contributed by atoms with E-state index in [1.54, 1.807) is 0 Å². The lowest BCUT2D eigenvalue weighted by atomic mass is 9.44. The number of fused-ring (bicyclic) bond motifs is 7. The Morgan fingerprint density at radius 3 is 2.06 bits per heavy atom. The Balaban J connectivity index is 0.942. The van der Waals surface area contributed by atoms with Gasteiger partial charge in [0.2, 0.25) is 0 Å². The van der Waals surface area contributed by atoms with Crippen LogP contribution in [0.2, 0.25) is 0 Å². The predicted molar refractivity (Wildman–Crippen MR) is 183 cm³/mol. The molecule has 0 aromatic carbocycles. The minimum atomic E-state index is -1.71. The lowest BCUT2D eigenvalue weighted by Gasteiger charge is -2.61. The normalized spacial score (nSPS) is 59.0. The molecule has 8 aliphatic rings. The van der Waals surface area contributed by atoms with Crippen LogP contribution in [0.3, 0.4) is 0 Å². The van der Waals surface area contributed by atoms with Gasteiger partial charge in [0.05, 0.1) is 32.0 Å². The molecular weight excluding hydrogens is 676 g/mol. The van der Waals surface area contributed by atoms with Gasteiger partial charge in [0, 0.05) is 12.3 Å². The van der Waals surface area contributed by atoms with Crippen LogP contribution in [-0.2, 0) is 28.4 Å². The van der Waals surface area contributed by atoms with E-state index in [0.717, 1.165) is 45.1 Å². The fourth-order valence-electron chi connectivity index (χ4n) is 13.2. The van der Waals surface area contributed by atoms with Gasteiger partial charge in [-0.05, 0) is 104 Å². The van der Waals surface area contributed by atoms with E-state index < -0.39 is 80.4 Å². The van der Waals surface area contributed by atoms with Gasteiger partial charge in [0.25, 0.3) is 0 Å². The van der Waals surface area contributed by atoms with Crippen molar-refractivity contribution >= 4 is 0 Å². The number of aliphatic hydroxyl groups is 7. The molecule has 13 heteroatoms. The molecular formula is C39H64O13. The van der Waals surface area contributed by atoms with Crippen LogP contribution in [-0.4, -0.2) is 135 Å². The highest BCUT2D eigenvalue weighted by atomic mass is 16.8. The molecule has 7 N–H and O–H groups in total. The van der Waals surface area contributed by atoms with E-state index in [9.17, 15) is 35.7 Å². The molecule has 22 atom stereocenters. The van der Waals surface area contributed by atoms with Crippen molar-refractivity contribution in [3.8, 4) is 0 Å². The summed E-state index contributed by atoms with van der Waals surface area (Å²) in [5.74, 6) is 3.51. The molecule has 0 radical (unpaired) electrons. The molecule has 4 saturated heterocycles. The van der Waals surface area contributed by atoms with Gasteiger partial charge in [0.15, 0.2) is 18.4 Å². The van der Waals surface area contributed by atoms with Gasteiger partial charge in [-0.15, -0.1) is 0 Å². The highest BCUT2D eigenvalue weighted by Crippen LogP contribution is 2.71. The second-order valence-corrected chi connectivity index (χ2v) is 18.7. The molecule has 13 nitrogen and oxygen atoms in total. The summed E-state index contributed by atoms with van der Waals surface area (Å²) in [6, 6.07) is 0. The monoisotopic (exact) mass is 740 g/mol. The molecule has 0 aromatic rings. The fourth-order valence-corrected chi connectivity index (χ4v) is 13.2. The zero-order valence-corrected chi connectivity index (χ0v) is 31.2. The standard InChI is InChI=1S/C39H64O13/c1-18-7-12-39(47-17-18)19(2)28-25(52-39)14-24-22-6-5-20-13-21(8-10-37(20,3)23(22)9-11-38(24,28)4)48-36-34(32(45)30(43)27(16-41)50-36)51-35-33(46)31(44)29(42)26(15-40)49-35/h18-36,40-46H,5-17H2,1-4H3/t18-,19-,20-,21-,22+,23-,24+,25-,26+,27+,28-,29+,30-,31-,32-,33+,34+,35-,36+,37-,38-,39+/m0/s1. The van der Waals surface area contributed by atoms with Gasteiger partial charge in [-0.2, -0.15) is 0 Å². The molecule has 4 saturated carbocycles. The highest BCUT2D eigenvalue weighted by molar-refractivity contribution is 5.15. The molecule has 8 rings (SSSR count). The fraction of sp³-hybridized carbons (Fsp3) is 1.00. The van der Waals surface area contributed by atoms with Crippen LogP contribution in [0.15, 0.2) is 0 Å². The predicted octanol–water partition coefficient (Wildman–Crippen LogP) is 1.44. The summed E-state index contributed by atoms with van der Waals surface area (Å²) in [6.45, 7) is 9.33. The van der Waals surface area contributed by atoms with Gasteiger partial charge >= 0.3 is 0 Å². The average molecular weight is 741 g/mol. The van der Waals surface area contributed by atoms with E-state index in [4.69, 9.17) is 28.4 Å².